The van der Waals surface area contributed by atoms with Crippen LogP contribution in [-0.4, -0.2) is 54.7 Å². The lowest BCUT2D eigenvalue weighted by Gasteiger charge is -2.27. The molecule has 2 unspecified atom stereocenters. The van der Waals surface area contributed by atoms with Gasteiger partial charge in [0.15, 0.2) is 0 Å². The molecule has 2 aromatic carbocycles. The molecule has 0 saturated carbocycles. The number of likely N-dealkylation sites (tertiary alicyclic amines) is 1. The van der Waals surface area contributed by atoms with Crippen LogP contribution in [0, 0.1) is 0 Å². The van der Waals surface area contributed by atoms with E-state index in [9.17, 15) is 14.7 Å². The van der Waals surface area contributed by atoms with Crippen molar-refractivity contribution in [2.24, 2.45) is 0 Å². The third-order valence-corrected chi connectivity index (χ3v) is 6.52. The van der Waals surface area contributed by atoms with Crippen molar-refractivity contribution >= 4 is 17.4 Å². The predicted molar refractivity (Wildman–Crippen MR) is 132 cm³/mol. The number of hydrogen-bond acceptors (Lipinski definition) is 6. The van der Waals surface area contributed by atoms with Crippen LogP contribution in [0.1, 0.15) is 56.2 Å². The second-order valence-electron chi connectivity index (χ2n) is 8.94. The number of aliphatic hydroxyl groups is 1. The standard InChI is InChI=1S/C28H33NO6/c1-3-4-5-15-34-21-13-11-19(12-14-21)26(30)24-25(20-8-6-9-22(17-20)33-2)29(28(32)27(24)31)18-23-10-7-16-35-23/h6,8-9,11-14,17,23,25,30H,3-5,7,10,15-16,18H2,1-2H3/b26-24-. The Hall–Kier alpha value is -3.32. The minimum absolute atomic E-state index is 0.0675. The second kappa shape index (κ2) is 11.4. The van der Waals surface area contributed by atoms with Crippen molar-refractivity contribution in [3.8, 4) is 11.5 Å². The van der Waals surface area contributed by atoms with Crippen molar-refractivity contribution in [2.75, 3.05) is 26.9 Å². The van der Waals surface area contributed by atoms with E-state index in [1.54, 1.807) is 43.5 Å². The molecule has 2 aromatic rings. The molecule has 2 aliphatic heterocycles. The van der Waals surface area contributed by atoms with Crippen LogP contribution in [0.4, 0.5) is 0 Å². The molecule has 186 valence electrons. The molecule has 0 radical (unpaired) electrons. The predicted octanol–water partition coefficient (Wildman–Crippen LogP) is 4.86. The van der Waals surface area contributed by atoms with Gasteiger partial charge in [0.05, 0.1) is 31.4 Å². The Bertz CT molecular complexity index is 1070. The molecule has 0 aliphatic carbocycles. The van der Waals surface area contributed by atoms with Crippen LogP contribution in [-0.2, 0) is 14.3 Å². The Kier molecular flexibility index (Phi) is 8.08. The first-order chi connectivity index (χ1) is 17.0. The van der Waals surface area contributed by atoms with Crippen molar-refractivity contribution in [1.29, 1.82) is 0 Å². The van der Waals surface area contributed by atoms with Crippen molar-refractivity contribution < 1.29 is 28.9 Å². The molecule has 0 spiro atoms. The molecule has 2 atom stereocenters. The number of benzene rings is 2. The van der Waals surface area contributed by atoms with Crippen molar-refractivity contribution in [3.63, 3.8) is 0 Å². The van der Waals surface area contributed by atoms with Gasteiger partial charge in [-0.15, -0.1) is 0 Å². The quantitative estimate of drug-likeness (QED) is 0.227. The average Bonchev–Trinajstić information content (AvgIpc) is 3.49. The van der Waals surface area contributed by atoms with Gasteiger partial charge >= 0.3 is 0 Å². The Morgan fingerprint density at radius 2 is 1.91 bits per heavy atom. The van der Waals surface area contributed by atoms with Crippen LogP contribution in [0.2, 0.25) is 0 Å². The average molecular weight is 480 g/mol. The molecule has 35 heavy (non-hydrogen) atoms. The van der Waals surface area contributed by atoms with E-state index in [0.717, 1.165) is 32.1 Å². The van der Waals surface area contributed by atoms with E-state index in [4.69, 9.17) is 14.2 Å². The maximum absolute atomic E-state index is 13.2. The van der Waals surface area contributed by atoms with Gasteiger partial charge in [0.1, 0.15) is 17.3 Å². The summed E-state index contributed by atoms with van der Waals surface area (Å²) in [4.78, 5) is 27.9. The second-order valence-corrected chi connectivity index (χ2v) is 8.94. The van der Waals surface area contributed by atoms with Crippen LogP contribution in [0.15, 0.2) is 54.1 Å². The largest absolute Gasteiger partial charge is 0.507 e. The molecule has 2 aliphatic rings. The molecular formula is C28H33NO6. The smallest absolute Gasteiger partial charge is 0.295 e. The highest BCUT2D eigenvalue weighted by Crippen LogP contribution is 2.41. The zero-order chi connectivity index (χ0) is 24.8. The number of ether oxygens (including phenoxy) is 3. The van der Waals surface area contributed by atoms with Crippen LogP contribution in [0.3, 0.4) is 0 Å². The minimum Gasteiger partial charge on any atom is -0.507 e. The SMILES string of the molecule is CCCCCOc1ccc(/C(O)=C2/C(=O)C(=O)N(CC3CCCO3)C2c2cccc(OC)c2)cc1. The third kappa shape index (κ3) is 5.51. The lowest BCUT2D eigenvalue weighted by atomic mass is 9.95. The summed E-state index contributed by atoms with van der Waals surface area (Å²) in [6, 6.07) is 13.5. The normalized spacial score (nSPS) is 21.5. The summed E-state index contributed by atoms with van der Waals surface area (Å²) in [7, 11) is 1.56. The fourth-order valence-corrected chi connectivity index (χ4v) is 4.64. The van der Waals surface area contributed by atoms with Crippen molar-refractivity contribution in [2.45, 2.75) is 51.2 Å². The lowest BCUT2D eigenvalue weighted by molar-refractivity contribution is -0.140. The fraction of sp³-hybridized carbons (Fsp3) is 0.429. The van der Waals surface area contributed by atoms with E-state index < -0.39 is 17.7 Å². The van der Waals surface area contributed by atoms with E-state index in [1.165, 1.54) is 4.90 Å². The number of hydrogen-bond donors (Lipinski definition) is 1. The maximum Gasteiger partial charge on any atom is 0.295 e. The number of nitrogens with zero attached hydrogens (tertiary/aromatic N) is 1. The highest BCUT2D eigenvalue weighted by atomic mass is 16.5. The topological polar surface area (TPSA) is 85.3 Å². The van der Waals surface area contributed by atoms with Crippen molar-refractivity contribution in [1.82, 2.24) is 4.90 Å². The number of amides is 1. The molecule has 4 rings (SSSR count). The Balaban J connectivity index is 1.68. The molecule has 7 nitrogen and oxygen atoms in total. The lowest BCUT2D eigenvalue weighted by Crippen LogP contribution is -2.36. The van der Waals surface area contributed by atoms with Gasteiger partial charge in [0, 0.05) is 18.7 Å². The molecule has 2 saturated heterocycles. The molecule has 1 amide bonds. The summed E-state index contributed by atoms with van der Waals surface area (Å²) in [5.41, 5.74) is 1.21. The fourth-order valence-electron chi connectivity index (χ4n) is 4.64. The van der Waals surface area contributed by atoms with E-state index >= 15 is 0 Å². The third-order valence-electron chi connectivity index (χ3n) is 6.52. The Labute approximate surface area is 206 Å². The Morgan fingerprint density at radius 1 is 1.11 bits per heavy atom. The number of rotatable bonds is 10. The van der Waals surface area contributed by atoms with Crippen molar-refractivity contribution in [3.05, 3.63) is 65.2 Å². The van der Waals surface area contributed by atoms with Gasteiger partial charge in [-0.05, 0) is 61.2 Å². The number of ketones is 1. The highest BCUT2D eigenvalue weighted by molar-refractivity contribution is 6.46. The molecule has 0 bridgehead atoms. The zero-order valence-electron chi connectivity index (χ0n) is 20.4. The van der Waals surface area contributed by atoms with E-state index in [-0.39, 0.29) is 24.0 Å². The summed E-state index contributed by atoms with van der Waals surface area (Å²) < 4.78 is 16.9. The molecule has 2 fully saturated rings. The zero-order valence-corrected chi connectivity index (χ0v) is 20.4. The summed E-state index contributed by atoms with van der Waals surface area (Å²) in [5, 5.41) is 11.3. The van der Waals surface area contributed by atoms with Gasteiger partial charge in [-0.1, -0.05) is 31.9 Å². The monoisotopic (exact) mass is 479 g/mol. The first-order valence-electron chi connectivity index (χ1n) is 12.3. The van der Waals surface area contributed by atoms with Gasteiger partial charge in [-0.2, -0.15) is 0 Å². The molecule has 2 heterocycles. The van der Waals surface area contributed by atoms with Gasteiger partial charge in [0.25, 0.3) is 11.7 Å². The van der Waals surface area contributed by atoms with Crippen LogP contribution in [0.5, 0.6) is 11.5 Å². The minimum atomic E-state index is -0.737. The van der Waals surface area contributed by atoms with E-state index in [0.29, 0.717) is 35.8 Å². The number of aliphatic hydroxyl groups excluding tert-OH is 1. The highest BCUT2D eigenvalue weighted by Gasteiger charge is 2.47. The molecule has 0 aromatic heterocycles. The molecule has 7 heteroatoms. The summed E-state index contributed by atoms with van der Waals surface area (Å²) in [6.45, 7) is 3.70. The van der Waals surface area contributed by atoms with Crippen LogP contribution >= 0.6 is 0 Å². The number of methoxy groups -OCH3 is 1. The van der Waals surface area contributed by atoms with Crippen LogP contribution in [0.25, 0.3) is 5.76 Å². The molecule has 1 N–H and O–H groups in total. The van der Waals surface area contributed by atoms with Crippen LogP contribution < -0.4 is 9.47 Å². The van der Waals surface area contributed by atoms with E-state index in [1.807, 2.05) is 12.1 Å². The van der Waals surface area contributed by atoms with Gasteiger partial charge in [-0.25, -0.2) is 0 Å². The Morgan fingerprint density at radius 3 is 2.60 bits per heavy atom. The number of Topliss-reactive ketones (excluding diaryl/α,β-unsaturated/α-hetero) is 1. The van der Waals surface area contributed by atoms with E-state index in [2.05, 4.69) is 6.92 Å². The number of unbranched alkanes of at least 4 members (excludes halogenated alkanes) is 2. The van der Waals surface area contributed by atoms with Gasteiger partial charge < -0.3 is 24.2 Å². The first kappa shape index (κ1) is 24.8. The maximum atomic E-state index is 13.2. The number of carbonyl (C=O) groups excluding carboxylic acids is 2. The number of carbonyl (C=O) groups is 2. The van der Waals surface area contributed by atoms with Gasteiger partial charge in [0.2, 0.25) is 0 Å². The summed E-state index contributed by atoms with van der Waals surface area (Å²) in [6.07, 6.45) is 4.82. The van der Waals surface area contributed by atoms with Gasteiger partial charge in [-0.3, -0.25) is 9.59 Å². The first-order valence-corrected chi connectivity index (χ1v) is 12.3. The summed E-state index contributed by atoms with van der Waals surface area (Å²) >= 11 is 0. The summed E-state index contributed by atoms with van der Waals surface area (Å²) in [5.74, 6) is -0.238. The molecular weight excluding hydrogens is 446 g/mol.